The maximum atomic E-state index is 12.5. The largest absolute Gasteiger partial charge is 0.448 e. The molecule has 17 heavy (non-hydrogen) atoms. The number of aromatic nitrogens is 1. The van der Waals surface area contributed by atoms with Crippen molar-refractivity contribution in [1.29, 1.82) is 0 Å². The van der Waals surface area contributed by atoms with E-state index in [1.807, 2.05) is 0 Å². The number of alkyl halides is 3. The number of oxazole rings is 1. The van der Waals surface area contributed by atoms with Gasteiger partial charge in [-0.1, -0.05) is 18.2 Å². The Hall–Kier alpha value is -1.78. The Morgan fingerprint density at radius 1 is 1.29 bits per heavy atom. The van der Waals surface area contributed by atoms with Gasteiger partial charge < -0.3 is 4.42 Å². The average molecular weight is 241 g/mol. The summed E-state index contributed by atoms with van der Waals surface area (Å²) in [5.41, 5.74) is 0.590. The quantitative estimate of drug-likeness (QED) is 0.803. The van der Waals surface area contributed by atoms with Gasteiger partial charge >= 0.3 is 6.18 Å². The molecule has 0 N–H and O–H groups in total. The van der Waals surface area contributed by atoms with Crippen LogP contribution in [-0.4, -0.2) is 4.98 Å². The van der Waals surface area contributed by atoms with Crippen molar-refractivity contribution in [2.24, 2.45) is 0 Å². The summed E-state index contributed by atoms with van der Waals surface area (Å²) in [5, 5.41) is 0. The molecule has 0 aliphatic rings. The maximum absolute atomic E-state index is 12.5. The van der Waals surface area contributed by atoms with Gasteiger partial charge in [-0.05, 0) is 18.6 Å². The van der Waals surface area contributed by atoms with Gasteiger partial charge in [-0.2, -0.15) is 13.2 Å². The Bertz CT molecular complexity index is 516. The van der Waals surface area contributed by atoms with Gasteiger partial charge in [0.1, 0.15) is 6.26 Å². The lowest BCUT2D eigenvalue weighted by molar-refractivity contribution is -0.137. The van der Waals surface area contributed by atoms with Crippen molar-refractivity contribution in [2.45, 2.75) is 19.5 Å². The lowest BCUT2D eigenvalue weighted by Gasteiger charge is -2.07. The molecule has 0 spiro atoms. The Labute approximate surface area is 96.1 Å². The summed E-state index contributed by atoms with van der Waals surface area (Å²) in [7, 11) is 0. The lowest BCUT2D eigenvalue weighted by Crippen LogP contribution is -2.05. The van der Waals surface area contributed by atoms with Crippen LogP contribution in [0.3, 0.4) is 0 Å². The molecule has 90 valence electrons. The highest BCUT2D eigenvalue weighted by Gasteiger charge is 2.30. The van der Waals surface area contributed by atoms with Crippen LogP contribution in [0.15, 0.2) is 34.9 Å². The molecule has 2 rings (SSSR count). The van der Waals surface area contributed by atoms with Gasteiger partial charge in [0.05, 0.1) is 11.3 Å². The standard InChI is InChI=1S/C12H10F3NO/c1-8-7-17-11(16-8)6-9-3-2-4-10(5-9)12(13,14)15/h2-5,7H,6H2,1H3. The summed E-state index contributed by atoms with van der Waals surface area (Å²) in [5.74, 6) is 0.418. The monoisotopic (exact) mass is 241 g/mol. The van der Waals surface area contributed by atoms with E-state index in [9.17, 15) is 13.2 Å². The third-order valence-corrected chi connectivity index (χ3v) is 2.28. The molecule has 1 heterocycles. The van der Waals surface area contributed by atoms with Crippen LogP contribution in [0.25, 0.3) is 0 Å². The van der Waals surface area contributed by atoms with E-state index in [1.165, 1.54) is 12.3 Å². The Kier molecular flexibility index (Phi) is 2.92. The second kappa shape index (κ2) is 4.24. The van der Waals surface area contributed by atoms with E-state index in [4.69, 9.17) is 4.42 Å². The van der Waals surface area contributed by atoms with E-state index < -0.39 is 11.7 Å². The number of hydrogen-bond donors (Lipinski definition) is 0. The predicted molar refractivity (Wildman–Crippen MR) is 55.5 cm³/mol. The minimum atomic E-state index is -4.32. The molecule has 0 atom stereocenters. The van der Waals surface area contributed by atoms with Crippen LogP contribution in [0.5, 0.6) is 0 Å². The molecule has 0 unspecified atom stereocenters. The number of nitrogens with zero attached hydrogens (tertiary/aromatic N) is 1. The molecule has 2 aromatic rings. The van der Waals surface area contributed by atoms with Crippen molar-refractivity contribution < 1.29 is 17.6 Å². The predicted octanol–water partition coefficient (Wildman–Crippen LogP) is 3.59. The number of aryl methyl sites for hydroxylation is 1. The number of benzene rings is 1. The third-order valence-electron chi connectivity index (χ3n) is 2.28. The summed E-state index contributed by atoms with van der Waals surface area (Å²) in [6.07, 6.45) is -2.58. The molecule has 0 radical (unpaired) electrons. The van der Waals surface area contributed by atoms with E-state index in [0.717, 1.165) is 12.1 Å². The fraction of sp³-hybridized carbons (Fsp3) is 0.250. The first kappa shape index (κ1) is 11.7. The molecule has 0 aliphatic carbocycles. The van der Waals surface area contributed by atoms with Crippen molar-refractivity contribution in [3.63, 3.8) is 0 Å². The van der Waals surface area contributed by atoms with Crippen molar-refractivity contribution >= 4 is 0 Å². The van der Waals surface area contributed by atoms with Crippen molar-refractivity contribution in [3.05, 3.63) is 53.2 Å². The molecule has 5 heteroatoms. The highest BCUT2D eigenvalue weighted by molar-refractivity contribution is 5.27. The minimum absolute atomic E-state index is 0.262. The Balaban J connectivity index is 2.22. The van der Waals surface area contributed by atoms with E-state index >= 15 is 0 Å². The van der Waals surface area contributed by atoms with E-state index in [0.29, 0.717) is 17.1 Å². The lowest BCUT2D eigenvalue weighted by atomic mass is 10.1. The fourth-order valence-electron chi connectivity index (χ4n) is 1.52. The van der Waals surface area contributed by atoms with Gasteiger partial charge in [0.2, 0.25) is 0 Å². The van der Waals surface area contributed by atoms with E-state index in [-0.39, 0.29) is 6.42 Å². The molecule has 0 fully saturated rings. The molecule has 0 aliphatic heterocycles. The fourth-order valence-corrected chi connectivity index (χ4v) is 1.52. The zero-order chi connectivity index (χ0) is 12.5. The highest BCUT2D eigenvalue weighted by Crippen LogP contribution is 2.29. The summed E-state index contributed by atoms with van der Waals surface area (Å²) < 4.78 is 42.5. The molecule has 0 saturated heterocycles. The second-order valence-electron chi connectivity index (χ2n) is 3.76. The summed E-state index contributed by atoms with van der Waals surface area (Å²) >= 11 is 0. The topological polar surface area (TPSA) is 26.0 Å². The zero-order valence-electron chi connectivity index (χ0n) is 9.08. The highest BCUT2D eigenvalue weighted by atomic mass is 19.4. The van der Waals surface area contributed by atoms with Crippen LogP contribution >= 0.6 is 0 Å². The number of rotatable bonds is 2. The van der Waals surface area contributed by atoms with Crippen molar-refractivity contribution in [3.8, 4) is 0 Å². The number of hydrogen-bond acceptors (Lipinski definition) is 2. The molecule has 0 saturated carbocycles. The first-order valence-electron chi connectivity index (χ1n) is 5.02. The average Bonchev–Trinajstić information content (AvgIpc) is 2.63. The third kappa shape index (κ3) is 2.87. The molecule has 0 bridgehead atoms. The van der Waals surface area contributed by atoms with Crippen LogP contribution in [0, 0.1) is 6.92 Å². The van der Waals surface area contributed by atoms with Gasteiger partial charge in [-0.3, -0.25) is 0 Å². The molecular formula is C12H10F3NO. The van der Waals surface area contributed by atoms with Gasteiger partial charge in [-0.25, -0.2) is 4.98 Å². The number of halogens is 3. The van der Waals surface area contributed by atoms with E-state index in [1.54, 1.807) is 13.0 Å². The molecule has 0 amide bonds. The van der Waals surface area contributed by atoms with Crippen LogP contribution in [0.4, 0.5) is 13.2 Å². The van der Waals surface area contributed by atoms with Crippen LogP contribution < -0.4 is 0 Å². The van der Waals surface area contributed by atoms with Crippen LogP contribution in [-0.2, 0) is 12.6 Å². The normalized spacial score (nSPS) is 11.8. The SMILES string of the molecule is Cc1coc(Cc2cccc(C(F)(F)F)c2)n1. The first-order valence-corrected chi connectivity index (χ1v) is 5.02. The molecule has 2 nitrogen and oxygen atoms in total. The molecule has 1 aromatic heterocycles. The van der Waals surface area contributed by atoms with Gasteiger partial charge in [0, 0.05) is 6.42 Å². The summed E-state index contributed by atoms with van der Waals surface area (Å²) in [6, 6.07) is 5.16. The van der Waals surface area contributed by atoms with Gasteiger partial charge in [0.15, 0.2) is 5.89 Å². The Morgan fingerprint density at radius 2 is 2.06 bits per heavy atom. The summed E-state index contributed by atoms with van der Waals surface area (Å²) in [6.45, 7) is 1.76. The smallest absolute Gasteiger partial charge is 0.416 e. The first-order chi connectivity index (χ1) is 7.95. The van der Waals surface area contributed by atoms with Crippen LogP contribution in [0.2, 0.25) is 0 Å². The minimum Gasteiger partial charge on any atom is -0.448 e. The van der Waals surface area contributed by atoms with Crippen LogP contribution in [0.1, 0.15) is 22.7 Å². The zero-order valence-corrected chi connectivity index (χ0v) is 9.08. The molecular weight excluding hydrogens is 231 g/mol. The van der Waals surface area contributed by atoms with Gasteiger partial charge in [-0.15, -0.1) is 0 Å². The van der Waals surface area contributed by atoms with E-state index in [2.05, 4.69) is 4.98 Å². The van der Waals surface area contributed by atoms with Crippen molar-refractivity contribution in [1.82, 2.24) is 4.98 Å². The van der Waals surface area contributed by atoms with Gasteiger partial charge in [0.25, 0.3) is 0 Å². The molecule has 1 aromatic carbocycles. The maximum Gasteiger partial charge on any atom is 0.416 e. The summed E-state index contributed by atoms with van der Waals surface area (Å²) in [4.78, 5) is 4.05. The Morgan fingerprint density at radius 3 is 2.65 bits per heavy atom. The second-order valence-corrected chi connectivity index (χ2v) is 3.76. The van der Waals surface area contributed by atoms with Crippen molar-refractivity contribution in [2.75, 3.05) is 0 Å².